The zero-order valence-corrected chi connectivity index (χ0v) is 11.8. The van der Waals surface area contributed by atoms with Gasteiger partial charge in [-0.25, -0.2) is 0 Å². The van der Waals surface area contributed by atoms with Crippen LogP contribution in [0.1, 0.15) is 5.56 Å². The Morgan fingerprint density at radius 2 is 1.64 bits per heavy atom. The van der Waals surface area contributed by atoms with Gasteiger partial charge < -0.3 is 10.2 Å². The van der Waals surface area contributed by atoms with E-state index in [1.807, 2.05) is 31.2 Å². The highest BCUT2D eigenvalue weighted by molar-refractivity contribution is 5.71. The van der Waals surface area contributed by atoms with Gasteiger partial charge in [0, 0.05) is 23.3 Å². The summed E-state index contributed by atoms with van der Waals surface area (Å²) in [5, 5.41) is 10.7. The fourth-order valence-corrected chi connectivity index (χ4v) is 2.09. The minimum atomic E-state index is -0.453. The monoisotopic (exact) mass is 295 g/mol. The number of benzene rings is 2. The molecule has 1 heterocycles. The van der Waals surface area contributed by atoms with Crippen LogP contribution in [-0.2, 0) is 0 Å². The first-order valence-electron chi connectivity index (χ1n) is 6.63. The molecule has 2 aromatic carbocycles. The molecule has 0 spiro atoms. The van der Waals surface area contributed by atoms with E-state index in [0.29, 0.717) is 17.2 Å². The lowest BCUT2D eigenvalue weighted by atomic mass is 10.1. The van der Waals surface area contributed by atoms with E-state index < -0.39 is 4.92 Å². The number of anilines is 1. The number of aromatic nitrogens is 1. The van der Waals surface area contributed by atoms with E-state index >= 15 is 0 Å². The maximum absolute atomic E-state index is 10.7. The van der Waals surface area contributed by atoms with Gasteiger partial charge in [0.25, 0.3) is 5.69 Å². The van der Waals surface area contributed by atoms with Crippen molar-refractivity contribution in [2.24, 2.45) is 0 Å². The van der Waals surface area contributed by atoms with Crippen molar-refractivity contribution in [3.63, 3.8) is 0 Å². The van der Waals surface area contributed by atoms with Gasteiger partial charge in [-0.15, -0.1) is 0 Å². The predicted octanol–water partition coefficient (Wildman–Crippen LogP) is 3.81. The fourth-order valence-electron chi connectivity index (χ4n) is 2.09. The Bertz CT molecular complexity index is 821. The summed E-state index contributed by atoms with van der Waals surface area (Å²) in [6.07, 6.45) is 0. The predicted molar refractivity (Wildman–Crippen MR) is 83.2 cm³/mol. The molecule has 0 saturated heterocycles. The highest BCUT2D eigenvalue weighted by atomic mass is 16.6. The van der Waals surface area contributed by atoms with E-state index in [9.17, 15) is 10.1 Å². The largest absolute Gasteiger partial charge is 0.434 e. The highest BCUT2D eigenvalue weighted by Crippen LogP contribution is 2.32. The molecule has 0 bridgehead atoms. The molecule has 2 N–H and O–H groups in total. The van der Waals surface area contributed by atoms with Crippen molar-refractivity contribution in [1.29, 1.82) is 0 Å². The van der Waals surface area contributed by atoms with Gasteiger partial charge in [-0.1, -0.05) is 29.8 Å². The molecular weight excluding hydrogens is 282 g/mol. The molecule has 0 radical (unpaired) electrons. The van der Waals surface area contributed by atoms with Gasteiger partial charge in [-0.2, -0.15) is 4.98 Å². The van der Waals surface area contributed by atoms with Crippen molar-refractivity contribution < 1.29 is 9.34 Å². The molecule has 3 rings (SSSR count). The number of nitrogens with two attached hydrogens (primary N) is 1. The number of nitrogen functional groups attached to an aromatic ring is 1. The molecule has 6 heteroatoms. The third-order valence-electron chi connectivity index (χ3n) is 3.29. The number of hydrogen-bond donors (Lipinski definition) is 1. The van der Waals surface area contributed by atoms with Crippen molar-refractivity contribution >= 4 is 11.5 Å². The van der Waals surface area contributed by atoms with Crippen LogP contribution < -0.4 is 5.73 Å². The van der Waals surface area contributed by atoms with Crippen molar-refractivity contribution in [3.8, 4) is 22.8 Å². The summed E-state index contributed by atoms with van der Waals surface area (Å²) in [4.78, 5) is 14.4. The zero-order valence-electron chi connectivity index (χ0n) is 11.8. The molecule has 0 aliphatic rings. The van der Waals surface area contributed by atoms with E-state index in [0.717, 1.165) is 11.1 Å². The number of oxazole rings is 1. The van der Waals surface area contributed by atoms with E-state index in [2.05, 4.69) is 4.98 Å². The van der Waals surface area contributed by atoms with Gasteiger partial charge >= 0.3 is 0 Å². The van der Waals surface area contributed by atoms with Gasteiger partial charge in [-0.05, 0) is 19.1 Å². The molecule has 110 valence electrons. The van der Waals surface area contributed by atoms with E-state index in [1.54, 1.807) is 12.1 Å². The molecule has 6 nitrogen and oxygen atoms in total. The third kappa shape index (κ3) is 2.54. The molecule has 3 aromatic rings. The van der Waals surface area contributed by atoms with Gasteiger partial charge in [0.1, 0.15) is 0 Å². The van der Waals surface area contributed by atoms with E-state index in [4.69, 9.17) is 10.2 Å². The topological polar surface area (TPSA) is 95.2 Å². The molecule has 0 amide bonds. The van der Waals surface area contributed by atoms with Crippen molar-refractivity contribution in [2.75, 3.05) is 5.73 Å². The molecule has 0 aliphatic heterocycles. The lowest BCUT2D eigenvalue weighted by Crippen LogP contribution is -1.88. The van der Waals surface area contributed by atoms with Crippen LogP contribution in [0.4, 0.5) is 11.5 Å². The highest BCUT2D eigenvalue weighted by Gasteiger charge is 2.15. The van der Waals surface area contributed by atoms with Crippen molar-refractivity contribution in [1.82, 2.24) is 4.98 Å². The van der Waals surface area contributed by atoms with Crippen LogP contribution in [0.25, 0.3) is 22.8 Å². The lowest BCUT2D eigenvalue weighted by Gasteiger charge is -1.98. The normalized spacial score (nSPS) is 10.6. The van der Waals surface area contributed by atoms with E-state index in [-0.39, 0.29) is 11.5 Å². The Morgan fingerprint density at radius 3 is 2.23 bits per heavy atom. The number of hydrogen-bond acceptors (Lipinski definition) is 5. The van der Waals surface area contributed by atoms with Gasteiger partial charge in [0.05, 0.1) is 4.92 Å². The zero-order chi connectivity index (χ0) is 15.7. The Labute approximate surface area is 126 Å². The molecule has 0 atom stereocenters. The SMILES string of the molecule is Cc1ccc(-c2oc(-c3ccc([N+](=O)[O-])cc3)nc2N)cc1. The number of rotatable bonds is 3. The molecule has 0 saturated carbocycles. The number of nitro groups is 1. The summed E-state index contributed by atoms with van der Waals surface area (Å²) in [6, 6.07) is 13.7. The Balaban J connectivity index is 1.98. The summed E-state index contributed by atoms with van der Waals surface area (Å²) < 4.78 is 5.72. The number of nitrogens with zero attached hydrogens (tertiary/aromatic N) is 2. The smallest absolute Gasteiger partial charge is 0.269 e. The third-order valence-corrected chi connectivity index (χ3v) is 3.29. The number of aryl methyl sites for hydroxylation is 1. The maximum Gasteiger partial charge on any atom is 0.269 e. The Kier molecular flexibility index (Phi) is 3.34. The first-order chi connectivity index (χ1) is 10.5. The van der Waals surface area contributed by atoms with Crippen LogP contribution in [0, 0.1) is 17.0 Å². The van der Waals surface area contributed by atoms with Crippen LogP contribution in [0.15, 0.2) is 52.9 Å². The first-order valence-corrected chi connectivity index (χ1v) is 6.63. The standard InChI is InChI=1S/C16H13N3O3/c1-10-2-4-11(5-3-10)14-15(17)18-16(22-14)12-6-8-13(9-7-12)19(20)21/h2-9H,17H2,1H3. The fraction of sp³-hybridized carbons (Fsp3) is 0.0625. The van der Waals surface area contributed by atoms with Crippen LogP contribution in [-0.4, -0.2) is 9.91 Å². The molecule has 0 fully saturated rings. The molecular formula is C16H13N3O3. The van der Waals surface area contributed by atoms with Crippen LogP contribution in [0.3, 0.4) is 0 Å². The molecule has 1 aromatic heterocycles. The van der Waals surface area contributed by atoms with Crippen molar-refractivity contribution in [3.05, 3.63) is 64.2 Å². The second kappa shape index (κ2) is 5.33. The Morgan fingerprint density at radius 1 is 1.05 bits per heavy atom. The quantitative estimate of drug-likeness (QED) is 0.585. The molecule has 22 heavy (non-hydrogen) atoms. The summed E-state index contributed by atoms with van der Waals surface area (Å²) in [7, 11) is 0. The summed E-state index contributed by atoms with van der Waals surface area (Å²) in [6.45, 7) is 2.00. The van der Waals surface area contributed by atoms with Crippen LogP contribution >= 0.6 is 0 Å². The maximum atomic E-state index is 10.7. The van der Waals surface area contributed by atoms with E-state index in [1.165, 1.54) is 12.1 Å². The molecule has 0 unspecified atom stereocenters. The number of non-ortho nitro benzene ring substituents is 1. The van der Waals surface area contributed by atoms with Gasteiger partial charge in [0.2, 0.25) is 5.89 Å². The van der Waals surface area contributed by atoms with Crippen molar-refractivity contribution in [2.45, 2.75) is 6.92 Å². The summed E-state index contributed by atoms with van der Waals surface area (Å²) in [5.74, 6) is 1.12. The van der Waals surface area contributed by atoms with Gasteiger partial charge in [0.15, 0.2) is 11.6 Å². The minimum Gasteiger partial charge on any atom is -0.434 e. The lowest BCUT2D eigenvalue weighted by molar-refractivity contribution is -0.384. The van der Waals surface area contributed by atoms with Gasteiger partial charge in [-0.3, -0.25) is 10.1 Å². The summed E-state index contributed by atoms with van der Waals surface area (Å²) >= 11 is 0. The Hall–Kier alpha value is -3.15. The van der Waals surface area contributed by atoms with Crippen LogP contribution in [0.5, 0.6) is 0 Å². The second-order valence-electron chi connectivity index (χ2n) is 4.90. The number of nitro benzene ring substituents is 1. The summed E-state index contributed by atoms with van der Waals surface area (Å²) in [5.41, 5.74) is 8.54. The molecule has 0 aliphatic carbocycles. The average molecular weight is 295 g/mol. The minimum absolute atomic E-state index is 0.0158. The second-order valence-corrected chi connectivity index (χ2v) is 4.90. The average Bonchev–Trinajstić information content (AvgIpc) is 2.90. The van der Waals surface area contributed by atoms with Crippen LogP contribution in [0.2, 0.25) is 0 Å². The first kappa shape index (κ1) is 13.8.